The zero-order valence-electron chi connectivity index (χ0n) is 13.5. The van der Waals surface area contributed by atoms with Gasteiger partial charge >= 0.3 is 0 Å². The van der Waals surface area contributed by atoms with E-state index in [9.17, 15) is 9.18 Å². The Balaban J connectivity index is 1.55. The molecule has 2 aromatic carbocycles. The van der Waals surface area contributed by atoms with Crippen LogP contribution in [-0.4, -0.2) is 47.1 Å². The number of hydrogen-bond acceptors (Lipinski definition) is 4. The summed E-state index contributed by atoms with van der Waals surface area (Å²) in [6, 6.07) is 11.6. The molecule has 0 atom stereocenters. The Hall–Kier alpha value is -2.93. The lowest BCUT2D eigenvalue weighted by Crippen LogP contribution is -2.40. The minimum atomic E-state index is -0.319. The lowest BCUT2D eigenvalue weighted by molar-refractivity contribution is 0.0303. The molecule has 0 unspecified atom stereocenters. The maximum atomic E-state index is 13.3. The average molecular weight is 340 g/mol. The van der Waals surface area contributed by atoms with Gasteiger partial charge in [0.1, 0.15) is 5.82 Å². The number of H-pyrrole nitrogens is 1. The monoisotopic (exact) mass is 340 g/mol. The number of benzene rings is 2. The van der Waals surface area contributed by atoms with Gasteiger partial charge in [-0.15, -0.1) is 0 Å². The number of aromatic amines is 1. The molecule has 1 saturated heterocycles. The van der Waals surface area contributed by atoms with Gasteiger partial charge in [-0.05, 0) is 36.4 Å². The summed E-state index contributed by atoms with van der Waals surface area (Å²) >= 11 is 0. The number of carbonyl (C=O) groups is 1. The van der Waals surface area contributed by atoms with Crippen molar-refractivity contribution in [3.05, 3.63) is 53.8 Å². The second kappa shape index (κ2) is 6.52. The SMILES string of the molecule is O=C(c1cccc(Nc2nc3ccc(F)cc3[nH]2)c1)N1CCOCC1. The smallest absolute Gasteiger partial charge is 0.254 e. The topological polar surface area (TPSA) is 70.2 Å². The summed E-state index contributed by atoms with van der Waals surface area (Å²) in [6.45, 7) is 2.34. The van der Waals surface area contributed by atoms with Crippen molar-refractivity contribution < 1.29 is 13.9 Å². The maximum Gasteiger partial charge on any atom is 0.254 e. The molecule has 0 aliphatic carbocycles. The Kier molecular flexibility index (Phi) is 4.07. The molecule has 128 valence electrons. The number of hydrogen-bond donors (Lipinski definition) is 2. The van der Waals surface area contributed by atoms with Crippen LogP contribution in [0, 0.1) is 5.82 Å². The number of anilines is 2. The molecule has 2 N–H and O–H groups in total. The lowest BCUT2D eigenvalue weighted by Gasteiger charge is -2.27. The van der Waals surface area contributed by atoms with Crippen molar-refractivity contribution in [1.82, 2.24) is 14.9 Å². The Labute approximate surface area is 143 Å². The third-order valence-corrected chi connectivity index (χ3v) is 4.11. The van der Waals surface area contributed by atoms with Crippen LogP contribution < -0.4 is 5.32 Å². The fourth-order valence-electron chi connectivity index (χ4n) is 2.86. The number of fused-ring (bicyclic) bond motifs is 1. The standard InChI is InChI=1S/C18H17FN4O2/c19-13-4-5-15-16(11-13)22-18(21-15)20-14-3-1-2-12(10-14)17(24)23-6-8-25-9-7-23/h1-5,10-11H,6-9H2,(H2,20,21,22). The number of rotatable bonds is 3. The number of carbonyl (C=O) groups excluding carboxylic acids is 1. The predicted octanol–water partition coefficient (Wildman–Crippen LogP) is 2.92. The fraction of sp³-hybridized carbons (Fsp3) is 0.222. The Morgan fingerprint density at radius 2 is 2.04 bits per heavy atom. The van der Waals surface area contributed by atoms with Gasteiger partial charge in [-0.2, -0.15) is 0 Å². The van der Waals surface area contributed by atoms with Crippen LogP contribution in [0.4, 0.5) is 16.0 Å². The maximum absolute atomic E-state index is 13.3. The van der Waals surface area contributed by atoms with Gasteiger partial charge in [0.05, 0.1) is 24.2 Å². The van der Waals surface area contributed by atoms with Crippen molar-refractivity contribution in [3.8, 4) is 0 Å². The Morgan fingerprint density at radius 1 is 1.20 bits per heavy atom. The molecule has 0 spiro atoms. The van der Waals surface area contributed by atoms with Gasteiger partial charge in [0, 0.05) is 24.3 Å². The highest BCUT2D eigenvalue weighted by Crippen LogP contribution is 2.20. The Bertz CT molecular complexity index is 918. The van der Waals surface area contributed by atoms with Crippen LogP contribution in [0.15, 0.2) is 42.5 Å². The van der Waals surface area contributed by atoms with Crippen molar-refractivity contribution >= 4 is 28.6 Å². The van der Waals surface area contributed by atoms with Gasteiger partial charge in [-0.3, -0.25) is 4.79 Å². The van der Waals surface area contributed by atoms with Gasteiger partial charge in [0.2, 0.25) is 5.95 Å². The quantitative estimate of drug-likeness (QED) is 0.769. The molecule has 4 rings (SSSR count). The van der Waals surface area contributed by atoms with Crippen molar-refractivity contribution in [2.24, 2.45) is 0 Å². The van der Waals surface area contributed by atoms with Crippen LogP contribution in [0.1, 0.15) is 10.4 Å². The molecule has 1 aliphatic heterocycles. The van der Waals surface area contributed by atoms with Crippen molar-refractivity contribution in [1.29, 1.82) is 0 Å². The van der Waals surface area contributed by atoms with Gasteiger partial charge in [0.25, 0.3) is 5.91 Å². The number of imidazole rings is 1. The molecule has 2 heterocycles. The minimum absolute atomic E-state index is 0.0152. The number of ether oxygens (including phenoxy) is 1. The summed E-state index contributed by atoms with van der Waals surface area (Å²) in [5.41, 5.74) is 2.63. The van der Waals surface area contributed by atoms with Gasteiger partial charge in [-0.1, -0.05) is 6.07 Å². The summed E-state index contributed by atoms with van der Waals surface area (Å²) in [4.78, 5) is 21.7. The first kappa shape index (κ1) is 15.6. The molecule has 1 fully saturated rings. The van der Waals surface area contributed by atoms with Crippen LogP contribution in [0.25, 0.3) is 11.0 Å². The molecule has 1 aromatic heterocycles. The Morgan fingerprint density at radius 3 is 2.88 bits per heavy atom. The lowest BCUT2D eigenvalue weighted by atomic mass is 10.1. The first-order valence-electron chi connectivity index (χ1n) is 8.08. The molecular weight excluding hydrogens is 323 g/mol. The number of nitrogens with one attached hydrogen (secondary N) is 2. The number of nitrogens with zero attached hydrogens (tertiary/aromatic N) is 2. The fourth-order valence-corrected chi connectivity index (χ4v) is 2.86. The van der Waals surface area contributed by atoms with Gasteiger partial charge in [-0.25, -0.2) is 9.37 Å². The summed E-state index contributed by atoms with van der Waals surface area (Å²) in [5.74, 6) is 0.163. The summed E-state index contributed by atoms with van der Waals surface area (Å²) < 4.78 is 18.6. The van der Waals surface area contributed by atoms with E-state index in [2.05, 4.69) is 15.3 Å². The van der Waals surface area contributed by atoms with E-state index in [4.69, 9.17) is 4.74 Å². The summed E-state index contributed by atoms with van der Waals surface area (Å²) in [6.07, 6.45) is 0. The van der Waals surface area contributed by atoms with E-state index in [0.29, 0.717) is 48.8 Å². The van der Waals surface area contributed by atoms with Gasteiger partial charge in [0.15, 0.2) is 0 Å². The first-order valence-corrected chi connectivity index (χ1v) is 8.08. The first-order chi connectivity index (χ1) is 12.2. The predicted molar refractivity (Wildman–Crippen MR) is 92.5 cm³/mol. The third-order valence-electron chi connectivity index (χ3n) is 4.11. The summed E-state index contributed by atoms with van der Waals surface area (Å²) in [5, 5.41) is 3.13. The van der Waals surface area contributed by atoms with Crippen LogP contribution >= 0.6 is 0 Å². The zero-order chi connectivity index (χ0) is 17.2. The normalized spacial score (nSPS) is 14.7. The van der Waals surface area contributed by atoms with E-state index in [0.717, 1.165) is 5.69 Å². The minimum Gasteiger partial charge on any atom is -0.378 e. The van der Waals surface area contributed by atoms with Crippen LogP contribution in [0.5, 0.6) is 0 Å². The van der Waals surface area contributed by atoms with E-state index < -0.39 is 0 Å². The van der Waals surface area contributed by atoms with E-state index in [-0.39, 0.29) is 11.7 Å². The molecule has 3 aromatic rings. The summed E-state index contributed by atoms with van der Waals surface area (Å²) in [7, 11) is 0. The highest BCUT2D eigenvalue weighted by atomic mass is 19.1. The second-order valence-electron chi connectivity index (χ2n) is 5.86. The van der Waals surface area contributed by atoms with Gasteiger partial charge < -0.3 is 19.9 Å². The second-order valence-corrected chi connectivity index (χ2v) is 5.86. The largest absolute Gasteiger partial charge is 0.378 e. The molecule has 1 amide bonds. The van der Waals surface area contributed by atoms with Crippen molar-refractivity contribution in [2.75, 3.05) is 31.6 Å². The number of morpholine rings is 1. The van der Waals surface area contributed by atoms with E-state index in [1.54, 1.807) is 23.1 Å². The van der Waals surface area contributed by atoms with Crippen molar-refractivity contribution in [3.63, 3.8) is 0 Å². The van der Waals surface area contributed by atoms with E-state index >= 15 is 0 Å². The molecule has 0 saturated carbocycles. The number of aromatic nitrogens is 2. The molecule has 0 bridgehead atoms. The van der Waals surface area contributed by atoms with Crippen LogP contribution in [-0.2, 0) is 4.74 Å². The molecule has 1 aliphatic rings. The molecule has 7 heteroatoms. The molecular formula is C18H17FN4O2. The highest BCUT2D eigenvalue weighted by Gasteiger charge is 2.18. The van der Waals surface area contributed by atoms with Crippen molar-refractivity contribution in [2.45, 2.75) is 0 Å². The molecule has 25 heavy (non-hydrogen) atoms. The molecule has 6 nitrogen and oxygen atoms in total. The number of amides is 1. The van der Waals surface area contributed by atoms with E-state index in [1.165, 1.54) is 12.1 Å². The van der Waals surface area contributed by atoms with Crippen LogP contribution in [0.3, 0.4) is 0 Å². The van der Waals surface area contributed by atoms with E-state index in [1.807, 2.05) is 12.1 Å². The van der Waals surface area contributed by atoms with Crippen LogP contribution in [0.2, 0.25) is 0 Å². The zero-order valence-corrected chi connectivity index (χ0v) is 13.5. The number of halogens is 1. The average Bonchev–Trinajstić information content (AvgIpc) is 3.03. The molecule has 0 radical (unpaired) electrons. The highest BCUT2D eigenvalue weighted by molar-refractivity contribution is 5.95. The third kappa shape index (κ3) is 3.32.